The molecule has 8 nitrogen and oxygen atoms in total. The third kappa shape index (κ3) is 3.83. The number of anilines is 1. The van der Waals surface area contributed by atoms with Crippen LogP contribution in [0.1, 0.15) is 0 Å². The summed E-state index contributed by atoms with van der Waals surface area (Å²) in [5.41, 5.74) is -0.121. The molecule has 0 atom stereocenters. The number of amides is 1. The van der Waals surface area contributed by atoms with Crippen LogP contribution in [0.5, 0.6) is 0 Å². The Bertz CT molecular complexity index is 573. The summed E-state index contributed by atoms with van der Waals surface area (Å²) >= 11 is 6.09. The van der Waals surface area contributed by atoms with Crippen LogP contribution < -0.4 is 4.90 Å². The van der Waals surface area contributed by atoms with Gasteiger partial charge in [0.15, 0.2) is 0 Å². The summed E-state index contributed by atoms with van der Waals surface area (Å²) in [7, 11) is 3.47. The van der Waals surface area contributed by atoms with E-state index in [1.807, 2.05) is 4.90 Å². The molecule has 1 aliphatic heterocycles. The number of hydrogen-bond donors (Lipinski definition) is 0. The molecule has 1 aliphatic rings. The number of nitro groups is 1. The van der Waals surface area contributed by atoms with Crippen LogP contribution in [0, 0.1) is 10.1 Å². The highest BCUT2D eigenvalue weighted by atomic mass is 35.5. The van der Waals surface area contributed by atoms with Crippen LogP contribution >= 0.6 is 11.6 Å². The minimum absolute atomic E-state index is 0.0694. The van der Waals surface area contributed by atoms with E-state index in [0.717, 1.165) is 0 Å². The van der Waals surface area contributed by atoms with Crippen molar-refractivity contribution in [3.05, 3.63) is 27.4 Å². The van der Waals surface area contributed by atoms with E-state index >= 15 is 0 Å². The van der Waals surface area contributed by atoms with Crippen molar-refractivity contribution in [1.82, 2.24) is 14.8 Å². The van der Waals surface area contributed by atoms with Crippen LogP contribution in [0.15, 0.2) is 12.3 Å². The third-order valence-corrected chi connectivity index (χ3v) is 3.83. The summed E-state index contributed by atoms with van der Waals surface area (Å²) in [6.07, 6.45) is 1.21. The molecule has 1 amide bonds. The average Bonchev–Trinajstić information content (AvgIpc) is 2.48. The highest BCUT2D eigenvalue weighted by Gasteiger charge is 2.23. The fourth-order valence-corrected chi connectivity index (χ4v) is 2.48. The first kappa shape index (κ1) is 16.4. The fraction of sp³-hybridized carbons (Fsp3) is 0.538. The Kier molecular flexibility index (Phi) is 5.15. The second-order valence-electron chi connectivity index (χ2n) is 5.31. The van der Waals surface area contributed by atoms with E-state index in [4.69, 9.17) is 11.6 Å². The number of nitrogens with zero attached hydrogens (tertiary/aromatic N) is 5. The predicted molar refractivity (Wildman–Crippen MR) is 83.2 cm³/mol. The molecule has 120 valence electrons. The van der Waals surface area contributed by atoms with Crippen molar-refractivity contribution in [3.8, 4) is 0 Å². The average molecular weight is 328 g/mol. The molecular formula is C13H18ClN5O3. The normalized spacial score (nSPS) is 15.7. The van der Waals surface area contributed by atoms with E-state index in [0.29, 0.717) is 38.5 Å². The first-order chi connectivity index (χ1) is 10.4. The largest absolute Gasteiger partial charge is 0.353 e. The second-order valence-corrected chi connectivity index (χ2v) is 5.71. The second kappa shape index (κ2) is 6.89. The van der Waals surface area contributed by atoms with E-state index in [1.54, 1.807) is 19.0 Å². The van der Waals surface area contributed by atoms with Crippen LogP contribution in [-0.2, 0) is 4.79 Å². The molecule has 1 saturated heterocycles. The van der Waals surface area contributed by atoms with Gasteiger partial charge in [0.2, 0.25) is 5.91 Å². The molecule has 0 radical (unpaired) electrons. The standard InChI is InChI=1S/C13H18ClN5O3/c1-16(2)12(20)9-17-3-5-18(6-4-17)13-11(14)7-10(8-15-13)19(21)22/h7-8H,3-6,9H2,1-2H3. The molecular weight excluding hydrogens is 310 g/mol. The van der Waals surface area contributed by atoms with Crippen molar-refractivity contribution in [2.24, 2.45) is 0 Å². The SMILES string of the molecule is CN(C)C(=O)CN1CCN(c2ncc([N+](=O)[O-])cc2Cl)CC1. The summed E-state index contributed by atoms with van der Waals surface area (Å²) in [6.45, 7) is 3.17. The molecule has 0 saturated carbocycles. The summed E-state index contributed by atoms with van der Waals surface area (Å²) in [6, 6.07) is 1.31. The van der Waals surface area contributed by atoms with Crippen molar-refractivity contribution in [3.63, 3.8) is 0 Å². The monoisotopic (exact) mass is 327 g/mol. The Morgan fingerprint density at radius 2 is 2.05 bits per heavy atom. The first-order valence-electron chi connectivity index (χ1n) is 6.86. The van der Waals surface area contributed by atoms with Crippen LogP contribution in [0.2, 0.25) is 5.02 Å². The number of pyridine rings is 1. The van der Waals surface area contributed by atoms with Crippen LogP contribution in [-0.4, -0.2) is 72.4 Å². The quantitative estimate of drug-likeness (QED) is 0.602. The van der Waals surface area contributed by atoms with Gasteiger partial charge < -0.3 is 9.80 Å². The van der Waals surface area contributed by atoms with E-state index < -0.39 is 4.92 Å². The number of carbonyl (C=O) groups excluding carboxylic acids is 1. The van der Waals surface area contributed by atoms with E-state index in [9.17, 15) is 14.9 Å². The molecule has 1 fully saturated rings. The zero-order valence-corrected chi connectivity index (χ0v) is 13.3. The van der Waals surface area contributed by atoms with Gasteiger partial charge in [0.25, 0.3) is 5.69 Å². The van der Waals surface area contributed by atoms with Crippen LogP contribution in [0.25, 0.3) is 0 Å². The van der Waals surface area contributed by atoms with Crippen molar-refractivity contribution in [2.45, 2.75) is 0 Å². The number of rotatable bonds is 4. The van der Waals surface area contributed by atoms with Gasteiger partial charge in [-0.3, -0.25) is 19.8 Å². The number of aromatic nitrogens is 1. The maximum Gasteiger partial charge on any atom is 0.289 e. The lowest BCUT2D eigenvalue weighted by Crippen LogP contribution is -2.49. The van der Waals surface area contributed by atoms with Crippen LogP contribution in [0.3, 0.4) is 0 Å². The Hall–Kier alpha value is -1.93. The number of halogens is 1. The Balaban J connectivity index is 1.97. The zero-order chi connectivity index (χ0) is 16.3. The first-order valence-corrected chi connectivity index (χ1v) is 7.23. The minimum Gasteiger partial charge on any atom is -0.353 e. The Morgan fingerprint density at radius 3 is 2.55 bits per heavy atom. The molecule has 9 heteroatoms. The molecule has 0 bridgehead atoms. The highest BCUT2D eigenvalue weighted by molar-refractivity contribution is 6.33. The maximum absolute atomic E-state index is 11.7. The lowest BCUT2D eigenvalue weighted by atomic mass is 10.3. The van der Waals surface area contributed by atoms with Crippen molar-refractivity contribution >= 4 is 29.0 Å². The van der Waals surface area contributed by atoms with Crippen molar-refractivity contribution in [2.75, 3.05) is 51.7 Å². The number of carbonyl (C=O) groups is 1. The van der Waals surface area contributed by atoms with Crippen molar-refractivity contribution < 1.29 is 9.72 Å². The molecule has 0 N–H and O–H groups in total. The topological polar surface area (TPSA) is 82.8 Å². The predicted octanol–water partition coefficient (Wildman–Crippen LogP) is 0.853. The molecule has 0 spiro atoms. The fourth-order valence-electron chi connectivity index (χ4n) is 2.20. The van der Waals surface area contributed by atoms with Gasteiger partial charge in [-0.1, -0.05) is 11.6 Å². The van der Waals surface area contributed by atoms with Crippen molar-refractivity contribution in [1.29, 1.82) is 0 Å². The summed E-state index contributed by atoms with van der Waals surface area (Å²) in [5.74, 6) is 0.616. The molecule has 0 unspecified atom stereocenters. The summed E-state index contributed by atoms with van der Waals surface area (Å²) in [4.78, 5) is 31.6. The highest BCUT2D eigenvalue weighted by Crippen LogP contribution is 2.27. The van der Waals surface area contributed by atoms with Gasteiger partial charge >= 0.3 is 0 Å². The van der Waals surface area contributed by atoms with E-state index in [1.165, 1.54) is 12.3 Å². The van der Waals surface area contributed by atoms with Gasteiger partial charge in [0, 0.05) is 46.3 Å². The van der Waals surface area contributed by atoms with Gasteiger partial charge in [0.1, 0.15) is 12.0 Å². The molecule has 2 heterocycles. The maximum atomic E-state index is 11.7. The molecule has 22 heavy (non-hydrogen) atoms. The van der Waals surface area contributed by atoms with Gasteiger partial charge in [-0.15, -0.1) is 0 Å². The zero-order valence-electron chi connectivity index (χ0n) is 12.5. The lowest BCUT2D eigenvalue weighted by Gasteiger charge is -2.35. The molecule has 0 aromatic carbocycles. The van der Waals surface area contributed by atoms with E-state index in [-0.39, 0.29) is 16.6 Å². The molecule has 2 rings (SSSR count). The van der Waals surface area contributed by atoms with Gasteiger partial charge in [-0.25, -0.2) is 4.98 Å². The molecule has 1 aromatic rings. The van der Waals surface area contributed by atoms with E-state index in [2.05, 4.69) is 9.88 Å². The Labute approximate surface area is 133 Å². The number of piperazine rings is 1. The molecule has 0 aliphatic carbocycles. The number of likely N-dealkylation sites (N-methyl/N-ethyl adjacent to an activating group) is 1. The van der Waals surface area contributed by atoms with Crippen LogP contribution in [0.4, 0.5) is 11.5 Å². The lowest BCUT2D eigenvalue weighted by molar-refractivity contribution is -0.385. The third-order valence-electron chi connectivity index (χ3n) is 3.55. The van der Waals surface area contributed by atoms with Gasteiger partial charge in [0.05, 0.1) is 16.5 Å². The Morgan fingerprint density at radius 1 is 1.41 bits per heavy atom. The molecule has 1 aromatic heterocycles. The van der Waals surface area contributed by atoms with Gasteiger partial charge in [-0.05, 0) is 0 Å². The summed E-state index contributed by atoms with van der Waals surface area (Å²) in [5, 5.41) is 11.0. The number of hydrogen-bond acceptors (Lipinski definition) is 6. The smallest absolute Gasteiger partial charge is 0.289 e. The van der Waals surface area contributed by atoms with Gasteiger partial charge in [-0.2, -0.15) is 0 Å². The summed E-state index contributed by atoms with van der Waals surface area (Å²) < 4.78 is 0. The minimum atomic E-state index is -0.520.